The van der Waals surface area contributed by atoms with Gasteiger partial charge in [-0.05, 0) is 31.0 Å². The van der Waals surface area contributed by atoms with Gasteiger partial charge in [-0.3, -0.25) is 9.59 Å². The first-order valence-corrected chi connectivity index (χ1v) is 11.3. The Morgan fingerprint density at radius 3 is 2.66 bits per heavy atom. The molecule has 3 heterocycles. The summed E-state index contributed by atoms with van der Waals surface area (Å²) in [6, 6.07) is 16.1. The van der Waals surface area contributed by atoms with Crippen molar-refractivity contribution in [1.29, 1.82) is 0 Å². The van der Waals surface area contributed by atoms with E-state index in [1.54, 1.807) is 16.9 Å². The van der Waals surface area contributed by atoms with E-state index in [4.69, 9.17) is 4.74 Å². The predicted molar refractivity (Wildman–Crippen MR) is 124 cm³/mol. The third-order valence-electron chi connectivity index (χ3n) is 7.11. The molecule has 32 heavy (non-hydrogen) atoms. The fourth-order valence-corrected chi connectivity index (χ4v) is 5.44. The van der Waals surface area contributed by atoms with Crippen LogP contribution >= 0.6 is 0 Å². The number of hydrogen-bond acceptors (Lipinski definition) is 3. The lowest BCUT2D eigenvalue weighted by atomic mass is 9.76. The van der Waals surface area contributed by atoms with Gasteiger partial charge in [0.25, 0.3) is 5.91 Å². The number of methoxy groups -OCH3 is 1. The number of hydrogen-bond donors (Lipinski definition) is 1. The van der Waals surface area contributed by atoms with E-state index in [1.165, 1.54) is 0 Å². The zero-order valence-electron chi connectivity index (χ0n) is 18.9. The zero-order valence-corrected chi connectivity index (χ0v) is 18.9. The molecule has 2 amide bonds. The number of amides is 2. The van der Waals surface area contributed by atoms with E-state index in [2.05, 4.69) is 24.0 Å². The minimum absolute atomic E-state index is 0.00293. The summed E-state index contributed by atoms with van der Waals surface area (Å²) in [7, 11) is 1.67. The van der Waals surface area contributed by atoms with Crippen molar-refractivity contribution in [2.45, 2.75) is 38.1 Å². The highest BCUT2D eigenvalue weighted by Gasteiger charge is 2.56. The van der Waals surface area contributed by atoms with Crippen molar-refractivity contribution in [2.24, 2.45) is 0 Å². The summed E-state index contributed by atoms with van der Waals surface area (Å²) in [4.78, 5) is 34.3. The lowest BCUT2D eigenvalue weighted by Crippen LogP contribution is -2.67. The molecule has 5 rings (SSSR count). The fraction of sp³-hybridized carbons (Fsp3) is 0.385. The molecule has 1 saturated heterocycles. The largest absolute Gasteiger partial charge is 0.496 e. The van der Waals surface area contributed by atoms with Gasteiger partial charge in [0.1, 0.15) is 5.75 Å². The van der Waals surface area contributed by atoms with E-state index in [1.807, 2.05) is 43.3 Å². The van der Waals surface area contributed by atoms with E-state index in [0.29, 0.717) is 13.1 Å². The number of rotatable bonds is 5. The highest BCUT2D eigenvalue weighted by molar-refractivity contribution is 6.01. The van der Waals surface area contributed by atoms with Crippen molar-refractivity contribution in [3.63, 3.8) is 0 Å². The number of ether oxygens (including phenoxy) is 1. The van der Waals surface area contributed by atoms with Crippen molar-refractivity contribution < 1.29 is 14.3 Å². The molecule has 6 nitrogen and oxygen atoms in total. The monoisotopic (exact) mass is 431 g/mol. The highest BCUT2D eigenvalue weighted by atomic mass is 16.5. The molecule has 3 aromatic rings. The van der Waals surface area contributed by atoms with E-state index in [0.717, 1.165) is 46.3 Å². The van der Waals surface area contributed by atoms with E-state index in [-0.39, 0.29) is 24.3 Å². The molecule has 1 fully saturated rings. The summed E-state index contributed by atoms with van der Waals surface area (Å²) in [5.74, 6) is 0.686. The molecule has 0 bridgehead atoms. The SMILES string of the molecule is CCCCN1CC(=O)N2C[C@@H](c3ccccc3OC)c3c([nH]c4ccccc34)[C@@]2(C)C1=O. The summed E-state index contributed by atoms with van der Waals surface area (Å²) in [6.07, 6.45) is 1.87. The second kappa shape index (κ2) is 7.69. The molecule has 2 aliphatic heterocycles. The van der Waals surface area contributed by atoms with Crippen LogP contribution in [-0.4, -0.2) is 53.3 Å². The Labute approximate surface area is 188 Å². The number of nitrogens with zero attached hydrogens (tertiary/aromatic N) is 2. The van der Waals surface area contributed by atoms with Gasteiger partial charge in [-0.15, -0.1) is 0 Å². The van der Waals surface area contributed by atoms with Gasteiger partial charge >= 0.3 is 0 Å². The Morgan fingerprint density at radius 2 is 1.88 bits per heavy atom. The van der Waals surface area contributed by atoms with Crippen molar-refractivity contribution >= 4 is 22.7 Å². The van der Waals surface area contributed by atoms with E-state index >= 15 is 0 Å². The van der Waals surface area contributed by atoms with Gasteiger partial charge < -0.3 is 19.5 Å². The first kappa shape index (κ1) is 20.6. The number of carbonyl (C=O) groups excluding carboxylic acids is 2. The molecule has 6 heteroatoms. The lowest BCUT2D eigenvalue weighted by Gasteiger charge is -2.51. The van der Waals surface area contributed by atoms with Crippen molar-refractivity contribution in [3.05, 3.63) is 65.4 Å². The number of aromatic amines is 1. The van der Waals surface area contributed by atoms with Crippen LogP contribution in [0.5, 0.6) is 5.75 Å². The molecular formula is C26H29N3O3. The molecule has 2 aromatic carbocycles. The van der Waals surface area contributed by atoms with Gasteiger partial charge in [-0.1, -0.05) is 49.7 Å². The normalized spacial score (nSPS) is 22.8. The minimum atomic E-state index is -1.05. The van der Waals surface area contributed by atoms with Gasteiger partial charge in [0.15, 0.2) is 5.54 Å². The highest BCUT2D eigenvalue weighted by Crippen LogP contribution is 2.49. The van der Waals surface area contributed by atoms with Gasteiger partial charge in [0.05, 0.1) is 19.3 Å². The second-order valence-corrected chi connectivity index (χ2v) is 8.91. The molecular weight excluding hydrogens is 402 g/mol. The number of unbranched alkanes of at least 4 members (excludes halogenated alkanes) is 1. The van der Waals surface area contributed by atoms with Crippen LogP contribution in [0.3, 0.4) is 0 Å². The maximum Gasteiger partial charge on any atom is 0.254 e. The zero-order chi connectivity index (χ0) is 22.5. The van der Waals surface area contributed by atoms with Gasteiger partial charge in [-0.25, -0.2) is 0 Å². The summed E-state index contributed by atoms with van der Waals surface area (Å²) in [5.41, 5.74) is 2.86. The molecule has 0 saturated carbocycles. The number of H-pyrrole nitrogens is 1. The van der Waals surface area contributed by atoms with Gasteiger partial charge in [0.2, 0.25) is 5.91 Å². The summed E-state index contributed by atoms with van der Waals surface area (Å²) < 4.78 is 5.68. The standard InChI is InChI=1S/C26H29N3O3/c1-4-5-14-28-16-22(30)29-15-19(17-10-7-9-13-21(17)32-3)23-18-11-6-8-12-20(18)27-24(23)26(29,2)25(28)31/h6-13,19,27H,4-5,14-16H2,1-3H3/t19-,26-/m0/s1. The summed E-state index contributed by atoms with van der Waals surface area (Å²) >= 11 is 0. The lowest BCUT2D eigenvalue weighted by molar-refractivity contribution is -0.166. The minimum Gasteiger partial charge on any atom is -0.496 e. The maximum atomic E-state index is 13.8. The molecule has 2 atom stereocenters. The van der Waals surface area contributed by atoms with Gasteiger partial charge in [-0.2, -0.15) is 0 Å². The number of para-hydroxylation sites is 2. The fourth-order valence-electron chi connectivity index (χ4n) is 5.44. The number of nitrogens with one attached hydrogen (secondary N) is 1. The van der Waals surface area contributed by atoms with Crippen molar-refractivity contribution in [3.8, 4) is 5.75 Å². The third-order valence-corrected chi connectivity index (χ3v) is 7.11. The first-order chi connectivity index (χ1) is 15.5. The Kier molecular flexibility index (Phi) is 4.96. The smallest absolute Gasteiger partial charge is 0.254 e. The van der Waals surface area contributed by atoms with Crippen LogP contribution in [-0.2, 0) is 15.1 Å². The molecule has 0 radical (unpaired) electrons. The summed E-state index contributed by atoms with van der Waals surface area (Å²) in [5, 5.41) is 1.09. The average molecular weight is 432 g/mol. The van der Waals surface area contributed by atoms with E-state index in [9.17, 15) is 9.59 Å². The van der Waals surface area contributed by atoms with Crippen molar-refractivity contribution in [1.82, 2.24) is 14.8 Å². The average Bonchev–Trinajstić information content (AvgIpc) is 3.21. The van der Waals surface area contributed by atoms with Crippen LogP contribution in [0.1, 0.15) is 49.4 Å². The first-order valence-electron chi connectivity index (χ1n) is 11.3. The van der Waals surface area contributed by atoms with Crippen LogP contribution in [0, 0.1) is 0 Å². The Hall–Kier alpha value is -3.28. The quantitative estimate of drug-likeness (QED) is 0.664. The van der Waals surface area contributed by atoms with Crippen LogP contribution in [0.15, 0.2) is 48.5 Å². The molecule has 1 aromatic heterocycles. The van der Waals surface area contributed by atoms with Crippen molar-refractivity contribution in [2.75, 3.05) is 26.7 Å². The Bertz CT molecular complexity index is 1200. The molecule has 1 N–H and O–H groups in total. The van der Waals surface area contributed by atoms with E-state index < -0.39 is 5.54 Å². The Balaban J connectivity index is 1.74. The molecule has 166 valence electrons. The number of piperazine rings is 1. The van der Waals surface area contributed by atoms with Crippen LogP contribution in [0.2, 0.25) is 0 Å². The number of benzene rings is 2. The van der Waals surface area contributed by atoms with Crippen LogP contribution < -0.4 is 4.74 Å². The molecule has 0 spiro atoms. The molecule has 0 unspecified atom stereocenters. The molecule has 2 aliphatic rings. The Morgan fingerprint density at radius 1 is 1.12 bits per heavy atom. The summed E-state index contributed by atoms with van der Waals surface area (Å²) in [6.45, 7) is 5.19. The van der Waals surface area contributed by atoms with Crippen LogP contribution in [0.25, 0.3) is 10.9 Å². The second-order valence-electron chi connectivity index (χ2n) is 8.91. The number of aromatic nitrogens is 1. The maximum absolute atomic E-state index is 13.8. The third kappa shape index (κ3) is 2.85. The molecule has 0 aliphatic carbocycles. The van der Waals surface area contributed by atoms with Gasteiger partial charge in [0, 0.05) is 35.5 Å². The predicted octanol–water partition coefficient (Wildman–Crippen LogP) is 4.01. The number of carbonyl (C=O) groups is 2. The topological polar surface area (TPSA) is 65.6 Å². The van der Waals surface area contributed by atoms with Crippen LogP contribution in [0.4, 0.5) is 0 Å². The number of fused-ring (bicyclic) bond motifs is 5.